The van der Waals surface area contributed by atoms with Crippen molar-refractivity contribution in [2.75, 3.05) is 24.2 Å². The first-order valence-electron chi connectivity index (χ1n) is 9.67. The van der Waals surface area contributed by atoms with Gasteiger partial charge in [-0.1, -0.05) is 30.7 Å². The molecule has 0 saturated heterocycles. The van der Waals surface area contributed by atoms with Crippen molar-refractivity contribution in [1.82, 2.24) is 4.90 Å². The van der Waals surface area contributed by atoms with E-state index in [1.807, 2.05) is 52.1 Å². The van der Waals surface area contributed by atoms with Gasteiger partial charge in [-0.05, 0) is 64.6 Å². The van der Waals surface area contributed by atoms with Crippen molar-refractivity contribution >= 4 is 23.2 Å². The predicted molar refractivity (Wildman–Crippen MR) is 116 cm³/mol. The number of nitrogens with zero attached hydrogens (tertiary/aromatic N) is 1. The zero-order chi connectivity index (χ0) is 20.8. The van der Waals surface area contributed by atoms with Crippen LogP contribution in [0.3, 0.4) is 0 Å². The van der Waals surface area contributed by atoms with E-state index in [1.165, 1.54) is 0 Å². The number of hydrogen-bond donors (Lipinski definition) is 2. The Morgan fingerprint density at radius 1 is 0.964 bits per heavy atom. The van der Waals surface area contributed by atoms with Crippen molar-refractivity contribution < 1.29 is 9.59 Å². The molecule has 0 saturated carbocycles. The molecule has 28 heavy (non-hydrogen) atoms. The molecule has 0 aliphatic carbocycles. The Balaban J connectivity index is 2.07. The third-order valence-electron chi connectivity index (χ3n) is 4.96. The lowest BCUT2D eigenvalue weighted by Crippen LogP contribution is -2.35. The Morgan fingerprint density at radius 3 is 2.21 bits per heavy atom. The first kappa shape index (κ1) is 21.6. The van der Waals surface area contributed by atoms with Crippen LogP contribution in [0.5, 0.6) is 0 Å². The highest BCUT2D eigenvalue weighted by molar-refractivity contribution is 6.05. The van der Waals surface area contributed by atoms with Crippen molar-refractivity contribution in [2.45, 2.75) is 40.7 Å². The summed E-state index contributed by atoms with van der Waals surface area (Å²) >= 11 is 0. The summed E-state index contributed by atoms with van der Waals surface area (Å²) in [7, 11) is 2.01. The van der Waals surface area contributed by atoms with E-state index < -0.39 is 0 Å². The lowest BCUT2D eigenvalue weighted by molar-refractivity contribution is -0.120. The van der Waals surface area contributed by atoms with E-state index >= 15 is 0 Å². The Hall–Kier alpha value is -2.66. The maximum Gasteiger partial charge on any atom is 0.255 e. The van der Waals surface area contributed by atoms with E-state index in [2.05, 4.69) is 29.4 Å². The number of carbonyl (C=O) groups is 2. The summed E-state index contributed by atoms with van der Waals surface area (Å²) in [5.41, 5.74) is 4.01. The van der Waals surface area contributed by atoms with Gasteiger partial charge in [0.1, 0.15) is 0 Å². The normalized spacial score (nSPS) is 12.1. The number of nitrogens with one attached hydrogen (secondary N) is 2. The molecule has 2 amide bonds. The zero-order valence-corrected chi connectivity index (χ0v) is 17.7. The van der Waals surface area contributed by atoms with Gasteiger partial charge in [0.2, 0.25) is 5.91 Å². The second kappa shape index (κ2) is 9.51. The van der Waals surface area contributed by atoms with Crippen molar-refractivity contribution in [1.29, 1.82) is 0 Å². The van der Waals surface area contributed by atoms with E-state index in [9.17, 15) is 9.59 Å². The van der Waals surface area contributed by atoms with Gasteiger partial charge in [0.15, 0.2) is 0 Å². The molecule has 0 radical (unpaired) electrons. The van der Waals surface area contributed by atoms with Crippen LogP contribution < -0.4 is 10.6 Å². The van der Waals surface area contributed by atoms with Gasteiger partial charge < -0.3 is 15.5 Å². The number of benzene rings is 2. The van der Waals surface area contributed by atoms with Gasteiger partial charge in [-0.3, -0.25) is 9.59 Å². The molecule has 0 bridgehead atoms. The molecule has 5 heteroatoms. The van der Waals surface area contributed by atoms with Crippen LogP contribution in [0.2, 0.25) is 0 Å². The molecule has 2 aromatic carbocycles. The summed E-state index contributed by atoms with van der Waals surface area (Å²) < 4.78 is 0. The highest BCUT2D eigenvalue weighted by Gasteiger charge is 2.17. The Morgan fingerprint density at radius 2 is 1.61 bits per heavy atom. The molecular weight excluding hydrogens is 350 g/mol. The minimum absolute atomic E-state index is 0.0350. The summed E-state index contributed by atoms with van der Waals surface area (Å²) in [4.78, 5) is 27.2. The molecule has 0 fully saturated rings. The summed E-state index contributed by atoms with van der Waals surface area (Å²) in [5, 5.41) is 5.89. The molecule has 5 nitrogen and oxygen atoms in total. The smallest absolute Gasteiger partial charge is 0.255 e. The number of anilines is 2. The minimum atomic E-state index is -0.168. The third kappa shape index (κ3) is 5.92. The van der Waals surface area contributed by atoms with Gasteiger partial charge >= 0.3 is 0 Å². The number of hydrogen-bond acceptors (Lipinski definition) is 3. The van der Waals surface area contributed by atoms with Crippen LogP contribution in [0, 0.1) is 19.8 Å². The number of amides is 2. The SMILES string of the molecule is Cc1ccc(C(=O)Nc2cc(NC(=O)[C@H](C)CN(C)C(C)C)ccc2C)cc1. The first-order chi connectivity index (χ1) is 13.2. The van der Waals surface area contributed by atoms with Crippen molar-refractivity contribution in [3.05, 3.63) is 59.2 Å². The quantitative estimate of drug-likeness (QED) is 0.744. The molecule has 0 aliphatic heterocycles. The van der Waals surface area contributed by atoms with Crippen LogP contribution in [0.25, 0.3) is 0 Å². The first-order valence-corrected chi connectivity index (χ1v) is 9.67. The van der Waals surface area contributed by atoms with E-state index in [0.29, 0.717) is 29.5 Å². The Labute approximate surface area is 168 Å². The van der Waals surface area contributed by atoms with Crippen LogP contribution in [0.4, 0.5) is 11.4 Å². The van der Waals surface area contributed by atoms with E-state index in [0.717, 1.165) is 11.1 Å². The van der Waals surface area contributed by atoms with Gasteiger partial charge in [-0.2, -0.15) is 0 Å². The van der Waals surface area contributed by atoms with Crippen LogP contribution in [-0.2, 0) is 4.79 Å². The monoisotopic (exact) mass is 381 g/mol. The van der Waals surface area contributed by atoms with Crippen LogP contribution in [-0.4, -0.2) is 36.3 Å². The molecule has 0 unspecified atom stereocenters. The number of carbonyl (C=O) groups excluding carboxylic acids is 2. The summed E-state index contributed by atoms with van der Waals surface area (Å²) in [6, 6.07) is 13.4. The largest absolute Gasteiger partial charge is 0.326 e. The fourth-order valence-corrected chi connectivity index (χ4v) is 2.73. The average molecular weight is 382 g/mol. The van der Waals surface area contributed by atoms with Crippen molar-refractivity contribution in [2.24, 2.45) is 5.92 Å². The van der Waals surface area contributed by atoms with E-state index in [1.54, 1.807) is 18.2 Å². The Kier molecular flexibility index (Phi) is 7.35. The standard InChI is InChI=1S/C23H31N3O2/c1-15(2)26(6)14-18(5)22(27)24-20-12-9-17(4)21(13-20)25-23(28)19-10-7-16(3)8-11-19/h7-13,15,18H,14H2,1-6H3,(H,24,27)(H,25,28)/t18-/m1/s1. The second-order valence-electron chi connectivity index (χ2n) is 7.77. The molecule has 0 heterocycles. The zero-order valence-electron chi connectivity index (χ0n) is 17.7. The second-order valence-corrected chi connectivity index (χ2v) is 7.77. The highest BCUT2D eigenvalue weighted by atomic mass is 16.2. The van der Waals surface area contributed by atoms with E-state index in [-0.39, 0.29) is 17.7 Å². The predicted octanol–water partition coefficient (Wildman–Crippen LogP) is 4.47. The molecule has 0 aliphatic rings. The summed E-state index contributed by atoms with van der Waals surface area (Å²) in [6.45, 7) is 10.7. The van der Waals surface area contributed by atoms with E-state index in [4.69, 9.17) is 0 Å². The molecular formula is C23H31N3O2. The number of aryl methyl sites for hydroxylation is 2. The topological polar surface area (TPSA) is 61.4 Å². The van der Waals surface area contributed by atoms with Crippen LogP contribution in [0.1, 0.15) is 42.3 Å². The summed E-state index contributed by atoms with van der Waals surface area (Å²) in [6.07, 6.45) is 0. The minimum Gasteiger partial charge on any atom is -0.326 e. The highest BCUT2D eigenvalue weighted by Crippen LogP contribution is 2.22. The lowest BCUT2D eigenvalue weighted by atomic mass is 10.1. The maximum absolute atomic E-state index is 12.5. The molecule has 2 N–H and O–H groups in total. The van der Waals surface area contributed by atoms with Gasteiger partial charge in [0.05, 0.1) is 0 Å². The molecule has 1 atom stereocenters. The lowest BCUT2D eigenvalue weighted by Gasteiger charge is -2.24. The van der Waals surface area contributed by atoms with Crippen molar-refractivity contribution in [3.63, 3.8) is 0 Å². The molecule has 150 valence electrons. The molecule has 2 rings (SSSR count). The van der Waals surface area contributed by atoms with Gasteiger partial charge in [0.25, 0.3) is 5.91 Å². The fourth-order valence-electron chi connectivity index (χ4n) is 2.73. The molecule has 0 spiro atoms. The third-order valence-corrected chi connectivity index (χ3v) is 4.96. The average Bonchev–Trinajstić information content (AvgIpc) is 2.64. The molecule has 0 aromatic heterocycles. The maximum atomic E-state index is 12.5. The fraction of sp³-hybridized carbons (Fsp3) is 0.391. The van der Waals surface area contributed by atoms with Gasteiger partial charge in [-0.15, -0.1) is 0 Å². The number of rotatable bonds is 7. The van der Waals surface area contributed by atoms with Crippen LogP contribution >= 0.6 is 0 Å². The van der Waals surface area contributed by atoms with Crippen LogP contribution in [0.15, 0.2) is 42.5 Å². The molecule has 2 aromatic rings. The Bertz CT molecular complexity index is 828. The van der Waals surface area contributed by atoms with Gasteiger partial charge in [0, 0.05) is 35.4 Å². The van der Waals surface area contributed by atoms with Gasteiger partial charge in [-0.25, -0.2) is 0 Å². The summed E-state index contributed by atoms with van der Waals surface area (Å²) in [5.74, 6) is -0.343. The van der Waals surface area contributed by atoms with Crippen molar-refractivity contribution in [3.8, 4) is 0 Å².